The van der Waals surface area contributed by atoms with Gasteiger partial charge in [0.1, 0.15) is 28.6 Å². The van der Waals surface area contributed by atoms with Crippen molar-refractivity contribution >= 4 is 33.7 Å². The highest BCUT2D eigenvalue weighted by Crippen LogP contribution is 2.31. The highest BCUT2D eigenvalue weighted by atomic mass is 32.2. The number of hydrogen-bond donors (Lipinski definition) is 3. The summed E-state index contributed by atoms with van der Waals surface area (Å²) in [7, 11) is 0.0388. The number of H-pyrrole nitrogens is 1. The van der Waals surface area contributed by atoms with Gasteiger partial charge in [0.15, 0.2) is 11.5 Å². The molecule has 3 N–H and O–H groups in total. The lowest BCUT2D eigenvalue weighted by molar-refractivity contribution is -0.139. The number of nitrogens with zero attached hydrogens (tertiary/aromatic N) is 3. The maximum absolute atomic E-state index is 12.4. The number of ether oxygens (including phenoxy) is 1. The molecule has 0 aliphatic carbocycles. The Balaban J connectivity index is 1.92. The van der Waals surface area contributed by atoms with E-state index in [1.807, 2.05) is 0 Å². The normalized spacial score (nSPS) is 12.9. The molecule has 0 spiro atoms. The minimum atomic E-state index is -4.32. The number of alkyl halides is 3. The lowest BCUT2D eigenvalue weighted by Crippen LogP contribution is -2.14. The Morgan fingerprint density at radius 1 is 1.26 bits per heavy atom. The molecule has 144 valence electrons. The monoisotopic (exact) mass is 400 g/mol. The fraction of sp³-hybridized carbons (Fsp3) is 0.267. The number of halogens is 3. The molecule has 3 rings (SSSR count). The fourth-order valence-electron chi connectivity index (χ4n) is 2.23. The van der Waals surface area contributed by atoms with Crippen LogP contribution in [0.15, 0.2) is 35.7 Å². The largest absolute Gasteiger partial charge is 0.491 e. The quantitative estimate of drug-likeness (QED) is 0.563. The van der Waals surface area contributed by atoms with Crippen LogP contribution in [0.25, 0.3) is 11.2 Å². The van der Waals surface area contributed by atoms with Crippen LogP contribution in [0, 0.1) is 0 Å². The molecule has 0 amide bonds. The molecule has 8 nitrogen and oxygen atoms in total. The first kappa shape index (κ1) is 19.0. The van der Waals surface area contributed by atoms with Crippen LogP contribution >= 0.6 is 0 Å². The van der Waals surface area contributed by atoms with Crippen LogP contribution in [-0.4, -0.2) is 44.0 Å². The third kappa shape index (κ3) is 4.71. The van der Waals surface area contributed by atoms with E-state index in [1.165, 1.54) is 37.9 Å². The van der Waals surface area contributed by atoms with Crippen LogP contribution in [0.1, 0.15) is 6.42 Å². The van der Waals surface area contributed by atoms with Crippen LogP contribution in [0.5, 0.6) is 5.75 Å². The average molecular weight is 400 g/mol. The second-order valence-corrected chi connectivity index (χ2v) is 6.71. The lowest BCUT2D eigenvalue weighted by Gasteiger charge is -2.15. The van der Waals surface area contributed by atoms with Crippen molar-refractivity contribution in [3.05, 3.63) is 30.9 Å². The molecule has 0 fully saturated rings. The van der Waals surface area contributed by atoms with E-state index in [4.69, 9.17) is 4.74 Å². The van der Waals surface area contributed by atoms with Gasteiger partial charge in [0.2, 0.25) is 0 Å². The van der Waals surface area contributed by atoms with E-state index in [-0.39, 0.29) is 5.75 Å². The number of anilines is 2. The number of rotatable bonds is 7. The van der Waals surface area contributed by atoms with Gasteiger partial charge in [-0.05, 0) is 25.2 Å². The molecule has 12 heteroatoms. The smallest absolute Gasteiger partial charge is 0.392 e. The number of benzene rings is 1. The van der Waals surface area contributed by atoms with Gasteiger partial charge in [-0.15, -0.1) is 0 Å². The molecule has 1 unspecified atom stereocenters. The minimum absolute atomic E-state index is 0.169. The lowest BCUT2D eigenvalue weighted by atomic mass is 10.3. The first-order valence-corrected chi connectivity index (χ1v) is 8.86. The molecule has 1 atom stereocenters. The summed E-state index contributed by atoms with van der Waals surface area (Å²) in [6, 6.07) is 4.47. The number of hydrogen-bond acceptors (Lipinski definition) is 6. The van der Waals surface area contributed by atoms with Crippen LogP contribution in [0.3, 0.4) is 0 Å². The molecule has 2 aromatic heterocycles. The van der Waals surface area contributed by atoms with Gasteiger partial charge in [0, 0.05) is 0 Å². The Kier molecular flexibility index (Phi) is 5.56. The highest BCUT2D eigenvalue weighted by Gasteiger charge is 2.27. The Morgan fingerprint density at radius 2 is 2.07 bits per heavy atom. The number of nitrogens with one attached hydrogen (secondary N) is 3. The van der Waals surface area contributed by atoms with Crippen molar-refractivity contribution in [3.63, 3.8) is 0 Å². The molecule has 27 heavy (non-hydrogen) atoms. The number of imidazole rings is 1. The maximum atomic E-state index is 12.4. The predicted molar refractivity (Wildman–Crippen MR) is 93.0 cm³/mol. The second-order valence-electron chi connectivity index (χ2n) is 5.29. The first-order chi connectivity index (χ1) is 12.9. The molecule has 3 aromatic rings. The summed E-state index contributed by atoms with van der Waals surface area (Å²) in [5.41, 5.74) is 1.24. The van der Waals surface area contributed by atoms with Gasteiger partial charge in [-0.1, -0.05) is 0 Å². The van der Waals surface area contributed by atoms with Gasteiger partial charge in [0.25, 0.3) is 0 Å². The predicted octanol–water partition coefficient (Wildman–Crippen LogP) is 2.67. The molecular formula is C15H15F3N6O2S. The van der Waals surface area contributed by atoms with Crippen LogP contribution in [-0.2, 0) is 11.0 Å². The van der Waals surface area contributed by atoms with E-state index >= 15 is 0 Å². The van der Waals surface area contributed by atoms with Crippen molar-refractivity contribution in [2.24, 2.45) is 0 Å². The number of aromatic amines is 1. The summed E-state index contributed by atoms with van der Waals surface area (Å²) in [5, 5.41) is 2.98. The zero-order chi connectivity index (χ0) is 19.4. The molecule has 0 radical (unpaired) electrons. The summed E-state index contributed by atoms with van der Waals surface area (Å²) in [6.07, 6.45) is -2.67. The van der Waals surface area contributed by atoms with E-state index in [9.17, 15) is 17.4 Å². The molecule has 0 aliphatic rings. The molecule has 0 saturated carbocycles. The summed E-state index contributed by atoms with van der Waals surface area (Å²) in [5.74, 6) is 0.521. The molecule has 0 aliphatic heterocycles. The third-order valence-corrected chi connectivity index (χ3v) is 4.52. The molecule has 1 aromatic carbocycles. The summed E-state index contributed by atoms with van der Waals surface area (Å²) < 4.78 is 57.0. The van der Waals surface area contributed by atoms with E-state index in [2.05, 4.69) is 30.0 Å². The van der Waals surface area contributed by atoms with E-state index in [0.717, 1.165) is 0 Å². The fourth-order valence-corrected chi connectivity index (χ4v) is 2.88. The van der Waals surface area contributed by atoms with Gasteiger partial charge < -0.3 is 15.0 Å². The maximum Gasteiger partial charge on any atom is 0.392 e. The van der Waals surface area contributed by atoms with Crippen LogP contribution in [0.2, 0.25) is 0 Å². The Hall–Kier alpha value is -2.73. The van der Waals surface area contributed by atoms with E-state index in [1.54, 1.807) is 0 Å². The number of fused-ring (bicyclic) bond motifs is 1. The van der Waals surface area contributed by atoms with Gasteiger partial charge in [0.05, 0.1) is 29.9 Å². The third-order valence-electron chi connectivity index (χ3n) is 3.47. The molecule has 2 heterocycles. The van der Waals surface area contributed by atoms with Crippen molar-refractivity contribution in [2.45, 2.75) is 17.5 Å². The zero-order valence-electron chi connectivity index (χ0n) is 14.0. The highest BCUT2D eigenvalue weighted by molar-refractivity contribution is 7.83. The topological polar surface area (TPSA) is 105 Å². The van der Waals surface area contributed by atoms with E-state index in [0.29, 0.717) is 27.6 Å². The molecular weight excluding hydrogens is 385 g/mol. The van der Waals surface area contributed by atoms with Crippen molar-refractivity contribution in [2.75, 3.05) is 19.0 Å². The van der Waals surface area contributed by atoms with Gasteiger partial charge in [-0.3, -0.25) is 0 Å². The zero-order valence-corrected chi connectivity index (χ0v) is 14.8. The summed E-state index contributed by atoms with van der Waals surface area (Å²) >= 11 is 0. The Bertz CT molecular complexity index is 962. The molecule has 0 saturated heterocycles. The van der Waals surface area contributed by atoms with E-state index < -0.39 is 30.2 Å². The number of aromatic nitrogens is 4. The first-order valence-electron chi connectivity index (χ1n) is 7.71. The Morgan fingerprint density at radius 3 is 2.81 bits per heavy atom. The van der Waals surface area contributed by atoms with Crippen molar-refractivity contribution < 1.29 is 22.1 Å². The van der Waals surface area contributed by atoms with Crippen molar-refractivity contribution in [3.8, 4) is 5.75 Å². The Labute approximate surface area is 154 Å². The standard InChI is InChI=1S/C15H15F3N6O2S/c1-19-27(25)9-2-3-11(26-5-4-15(16,17)18)10(6-9)24-14-12-13(21-7-20-12)22-8-23-14/h2-3,6-8,19H,4-5H2,1H3,(H2,20,21,22,23,24). The minimum Gasteiger partial charge on any atom is -0.491 e. The summed E-state index contributed by atoms with van der Waals surface area (Å²) in [4.78, 5) is 15.4. The molecule has 0 bridgehead atoms. The summed E-state index contributed by atoms with van der Waals surface area (Å²) in [6.45, 7) is -0.546. The van der Waals surface area contributed by atoms with Crippen LogP contribution < -0.4 is 14.8 Å². The van der Waals surface area contributed by atoms with Crippen molar-refractivity contribution in [1.29, 1.82) is 0 Å². The van der Waals surface area contributed by atoms with Gasteiger partial charge >= 0.3 is 6.18 Å². The average Bonchev–Trinajstić information content (AvgIpc) is 3.11. The SMILES string of the molecule is CNS(=O)c1ccc(OCCC(F)(F)F)c(Nc2ncnc3nc[nH]c23)c1. The van der Waals surface area contributed by atoms with Gasteiger partial charge in [-0.2, -0.15) is 13.2 Å². The van der Waals surface area contributed by atoms with Gasteiger partial charge in [-0.25, -0.2) is 23.9 Å². The second kappa shape index (κ2) is 7.88. The van der Waals surface area contributed by atoms with Crippen molar-refractivity contribution in [1.82, 2.24) is 24.7 Å². The van der Waals surface area contributed by atoms with Crippen LogP contribution in [0.4, 0.5) is 24.7 Å².